The summed E-state index contributed by atoms with van der Waals surface area (Å²) in [5, 5.41) is 17.4. The molecule has 11 heteroatoms. The van der Waals surface area contributed by atoms with Crippen LogP contribution < -0.4 is 20.7 Å². The highest BCUT2D eigenvalue weighted by Gasteiger charge is 2.29. The van der Waals surface area contributed by atoms with Gasteiger partial charge in [0.05, 0.1) is 25.1 Å². The van der Waals surface area contributed by atoms with Crippen LogP contribution in [0.25, 0.3) is 0 Å². The number of amides is 4. The van der Waals surface area contributed by atoms with Crippen LogP contribution in [0, 0.1) is 0 Å². The highest BCUT2D eigenvalue weighted by atomic mass is 16.5. The molecule has 4 N–H and O–H groups in total. The van der Waals surface area contributed by atoms with E-state index in [9.17, 15) is 24.3 Å². The second-order valence-electron chi connectivity index (χ2n) is 8.09. The predicted molar refractivity (Wildman–Crippen MR) is 121 cm³/mol. The van der Waals surface area contributed by atoms with E-state index in [-0.39, 0.29) is 18.7 Å². The van der Waals surface area contributed by atoms with Gasteiger partial charge in [-0.3, -0.25) is 19.2 Å². The average molecular weight is 464 g/mol. The van der Waals surface area contributed by atoms with E-state index in [0.29, 0.717) is 18.7 Å². The zero-order chi connectivity index (χ0) is 24.4. The lowest BCUT2D eigenvalue weighted by Gasteiger charge is -2.25. The minimum Gasteiger partial charge on any atom is -0.491 e. The first-order valence-electron chi connectivity index (χ1n) is 10.8. The summed E-state index contributed by atoms with van der Waals surface area (Å²) in [6.07, 6.45) is 0.289. The fourth-order valence-electron chi connectivity index (χ4n) is 3.25. The van der Waals surface area contributed by atoms with Crippen molar-refractivity contribution in [2.45, 2.75) is 24.9 Å². The summed E-state index contributed by atoms with van der Waals surface area (Å²) in [6, 6.07) is 4.18. The van der Waals surface area contributed by atoms with Crippen LogP contribution in [0.15, 0.2) is 24.3 Å². The highest BCUT2D eigenvalue weighted by molar-refractivity contribution is 6.01. The lowest BCUT2D eigenvalue weighted by atomic mass is 10.1. The number of aliphatic hydroxyl groups excluding tert-OH is 1. The van der Waals surface area contributed by atoms with E-state index < -0.39 is 48.7 Å². The second kappa shape index (κ2) is 12.8. The molecule has 11 nitrogen and oxygen atoms in total. The third-order valence-corrected chi connectivity index (χ3v) is 5.10. The van der Waals surface area contributed by atoms with Crippen LogP contribution in [-0.4, -0.2) is 105 Å². The number of carbonyl (C=O) groups excluding carboxylic acids is 4. The Balaban J connectivity index is 2.26. The molecule has 1 aliphatic heterocycles. The monoisotopic (exact) mass is 463 g/mol. The number of carbonyl (C=O) groups is 4. The molecule has 0 spiro atoms. The molecular weight excluding hydrogens is 430 g/mol. The first-order chi connectivity index (χ1) is 15.7. The maximum absolute atomic E-state index is 12.9. The first-order valence-corrected chi connectivity index (χ1v) is 10.8. The normalized spacial score (nSPS) is 20.3. The van der Waals surface area contributed by atoms with E-state index in [0.717, 1.165) is 6.54 Å². The molecule has 1 aliphatic rings. The van der Waals surface area contributed by atoms with Crippen LogP contribution in [-0.2, 0) is 14.4 Å². The minimum absolute atomic E-state index is 0.0917. The van der Waals surface area contributed by atoms with Crippen LogP contribution in [0.1, 0.15) is 23.2 Å². The third kappa shape index (κ3) is 8.03. The first kappa shape index (κ1) is 26.1. The Kier molecular flexibility index (Phi) is 10.1. The molecule has 33 heavy (non-hydrogen) atoms. The molecule has 0 aromatic heterocycles. The van der Waals surface area contributed by atoms with Crippen molar-refractivity contribution in [2.24, 2.45) is 0 Å². The Labute approximate surface area is 193 Å². The van der Waals surface area contributed by atoms with Gasteiger partial charge in [0.25, 0.3) is 5.91 Å². The Morgan fingerprint density at radius 2 is 1.97 bits per heavy atom. The molecule has 1 aromatic rings. The van der Waals surface area contributed by atoms with Crippen molar-refractivity contribution in [3.05, 3.63) is 29.8 Å². The van der Waals surface area contributed by atoms with Gasteiger partial charge in [-0.1, -0.05) is 12.1 Å². The molecule has 0 saturated carbocycles. The maximum Gasteiger partial charge on any atom is 0.255 e. The van der Waals surface area contributed by atoms with E-state index in [2.05, 4.69) is 16.0 Å². The van der Waals surface area contributed by atoms with E-state index in [1.165, 1.54) is 11.9 Å². The average Bonchev–Trinajstić information content (AvgIpc) is 2.78. The molecule has 0 saturated heterocycles. The Morgan fingerprint density at radius 1 is 1.24 bits per heavy atom. The number of nitrogens with zero attached hydrogens (tertiary/aromatic N) is 2. The van der Waals surface area contributed by atoms with Crippen LogP contribution in [0.3, 0.4) is 0 Å². The molecule has 0 unspecified atom stereocenters. The molecular formula is C22H33N5O6. The minimum atomic E-state index is -1.18. The topological polar surface area (TPSA) is 140 Å². The predicted octanol–water partition coefficient (Wildman–Crippen LogP) is -1.43. The van der Waals surface area contributed by atoms with Crippen LogP contribution in [0.5, 0.6) is 5.75 Å². The smallest absolute Gasteiger partial charge is 0.255 e. The van der Waals surface area contributed by atoms with Gasteiger partial charge >= 0.3 is 0 Å². The van der Waals surface area contributed by atoms with Crippen molar-refractivity contribution in [3.8, 4) is 5.75 Å². The zero-order valence-electron chi connectivity index (χ0n) is 19.3. The molecule has 182 valence electrons. The molecule has 0 radical (unpaired) electrons. The fraction of sp³-hybridized carbons (Fsp3) is 0.545. The van der Waals surface area contributed by atoms with Gasteiger partial charge in [0, 0.05) is 13.6 Å². The number of ether oxygens (including phenoxy) is 1. The van der Waals surface area contributed by atoms with Crippen molar-refractivity contribution in [2.75, 3.05) is 54.0 Å². The van der Waals surface area contributed by atoms with Gasteiger partial charge in [0.2, 0.25) is 17.7 Å². The number of benzene rings is 1. The third-order valence-electron chi connectivity index (χ3n) is 5.10. The summed E-state index contributed by atoms with van der Waals surface area (Å²) >= 11 is 0. The van der Waals surface area contributed by atoms with Gasteiger partial charge in [-0.2, -0.15) is 0 Å². The lowest BCUT2D eigenvalue weighted by molar-refractivity contribution is -0.137. The number of aliphatic hydroxyl groups is 1. The highest BCUT2D eigenvalue weighted by Crippen LogP contribution is 2.18. The molecule has 1 heterocycles. The van der Waals surface area contributed by atoms with Gasteiger partial charge < -0.3 is 35.6 Å². The Morgan fingerprint density at radius 3 is 2.67 bits per heavy atom. The number of nitrogens with one attached hydrogen (secondary N) is 3. The van der Waals surface area contributed by atoms with E-state index in [1.807, 2.05) is 19.0 Å². The van der Waals surface area contributed by atoms with E-state index >= 15 is 0 Å². The van der Waals surface area contributed by atoms with Crippen molar-refractivity contribution in [3.63, 3.8) is 0 Å². The summed E-state index contributed by atoms with van der Waals surface area (Å²) in [5.41, 5.74) is 0.211. The number of hydrogen-bond donors (Lipinski definition) is 4. The number of likely N-dealkylation sites (N-methyl/N-ethyl adjacent to an activating group) is 1. The van der Waals surface area contributed by atoms with Crippen LogP contribution >= 0.6 is 0 Å². The van der Waals surface area contributed by atoms with Crippen molar-refractivity contribution >= 4 is 23.6 Å². The SMILES string of the molecule is CN(C)CCCNC(=O)[C@@H]1CC(=O)N[C@@H](CO)C(=O)N(C)CCOc2ccccc2C(=O)N1. The molecule has 2 rings (SSSR count). The van der Waals surface area contributed by atoms with Crippen molar-refractivity contribution in [1.29, 1.82) is 0 Å². The van der Waals surface area contributed by atoms with Gasteiger partial charge in [-0.15, -0.1) is 0 Å². The van der Waals surface area contributed by atoms with Crippen molar-refractivity contribution in [1.82, 2.24) is 25.8 Å². The second-order valence-corrected chi connectivity index (χ2v) is 8.09. The number of para-hydroxylation sites is 1. The molecule has 1 aromatic carbocycles. The standard InChI is InChI=1S/C22H33N5O6/c1-26(2)10-6-9-23-21(31)16-13-19(29)24-17(14-28)22(32)27(3)11-12-33-18-8-5-4-7-15(18)20(30)25-16/h4-5,7-8,16-17,28H,6,9-14H2,1-3H3,(H,23,31)(H,24,29)(H,25,30)/t16-,17-/m0/s1. The Hall–Kier alpha value is -3.18. The van der Waals surface area contributed by atoms with Crippen molar-refractivity contribution < 1.29 is 29.0 Å². The molecule has 4 amide bonds. The summed E-state index contributed by atoms with van der Waals surface area (Å²) in [4.78, 5) is 54.2. The van der Waals surface area contributed by atoms with Crippen LogP contribution in [0.2, 0.25) is 0 Å². The van der Waals surface area contributed by atoms with Gasteiger partial charge in [-0.05, 0) is 39.2 Å². The molecule has 0 fully saturated rings. The van der Waals surface area contributed by atoms with Gasteiger partial charge in [-0.25, -0.2) is 0 Å². The summed E-state index contributed by atoms with van der Waals surface area (Å²) < 4.78 is 5.70. The summed E-state index contributed by atoms with van der Waals surface area (Å²) in [7, 11) is 5.36. The van der Waals surface area contributed by atoms with Crippen LogP contribution in [0.4, 0.5) is 0 Å². The number of rotatable bonds is 6. The Bertz CT molecular complexity index is 846. The number of fused-ring (bicyclic) bond motifs is 1. The van der Waals surface area contributed by atoms with E-state index in [1.54, 1.807) is 24.3 Å². The summed E-state index contributed by atoms with van der Waals surface area (Å²) in [6.45, 7) is 0.795. The maximum atomic E-state index is 12.9. The molecule has 0 bridgehead atoms. The molecule has 0 aliphatic carbocycles. The van der Waals surface area contributed by atoms with E-state index in [4.69, 9.17) is 4.74 Å². The summed E-state index contributed by atoms with van der Waals surface area (Å²) in [5.74, 6) is -1.93. The fourth-order valence-corrected chi connectivity index (χ4v) is 3.25. The molecule has 2 atom stereocenters. The van der Waals surface area contributed by atoms with Gasteiger partial charge in [0.1, 0.15) is 24.4 Å². The zero-order valence-corrected chi connectivity index (χ0v) is 19.3. The quantitative estimate of drug-likeness (QED) is 0.379. The number of hydrogen-bond acceptors (Lipinski definition) is 7. The van der Waals surface area contributed by atoms with Gasteiger partial charge in [0.15, 0.2) is 0 Å². The lowest BCUT2D eigenvalue weighted by Crippen LogP contribution is -2.53. The largest absolute Gasteiger partial charge is 0.491 e.